The summed E-state index contributed by atoms with van der Waals surface area (Å²) in [5.41, 5.74) is 0. The molecular weight excluding hydrogens is 254 g/mol. The summed E-state index contributed by atoms with van der Waals surface area (Å²) in [6.07, 6.45) is 4.11. The highest BCUT2D eigenvalue weighted by Gasteiger charge is 2.20. The van der Waals surface area contributed by atoms with E-state index in [9.17, 15) is 13.2 Å². The van der Waals surface area contributed by atoms with Crippen LogP contribution in [-0.2, 0) is 14.8 Å². The minimum atomic E-state index is -3.23. The maximum Gasteiger partial charge on any atom is 0.237 e. The lowest BCUT2D eigenvalue weighted by Crippen LogP contribution is -2.45. The summed E-state index contributed by atoms with van der Waals surface area (Å²) in [6, 6.07) is -0.172. The van der Waals surface area contributed by atoms with Crippen molar-refractivity contribution in [1.82, 2.24) is 14.9 Å². The van der Waals surface area contributed by atoms with Crippen molar-refractivity contribution < 1.29 is 13.2 Å². The van der Waals surface area contributed by atoms with Crippen molar-refractivity contribution >= 4 is 15.9 Å². The maximum absolute atomic E-state index is 11.8. The van der Waals surface area contributed by atoms with E-state index in [1.807, 2.05) is 0 Å². The van der Waals surface area contributed by atoms with Gasteiger partial charge in [-0.2, -0.15) is 0 Å². The molecule has 0 aromatic rings. The second-order valence-corrected chi connectivity index (χ2v) is 7.05. The molecule has 1 atom stereocenters. The van der Waals surface area contributed by atoms with Crippen molar-refractivity contribution in [3.8, 4) is 0 Å². The molecule has 106 valence electrons. The van der Waals surface area contributed by atoms with E-state index in [0.29, 0.717) is 0 Å². The molecule has 0 aromatic carbocycles. The van der Waals surface area contributed by atoms with Crippen LogP contribution in [0.4, 0.5) is 0 Å². The molecule has 1 aliphatic heterocycles. The number of hydrogen-bond acceptors (Lipinski definition) is 4. The van der Waals surface area contributed by atoms with Crippen LogP contribution in [0.15, 0.2) is 0 Å². The summed E-state index contributed by atoms with van der Waals surface area (Å²) in [4.78, 5) is 11.8. The first kappa shape index (κ1) is 15.4. The largest absolute Gasteiger partial charge is 0.354 e. The van der Waals surface area contributed by atoms with Crippen molar-refractivity contribution in [3.63, 3.8) is 0 Å². The van der Waals surface area contributed by atoms with Gasteiger partial charge in [-0.05, 0) is 19.4 Å². The molecule has 0 aromatic heterocycles. The van der Waals surface area contributed by atoms with Gasteiger partial charge in [0.2, 0.25) is 15.9 Å². The molecule has 0 saturated carbocycles. The predicted octanol–water partition coefficient (Wildman–Crippen LogP) is -0.474. The van der Waals surface area contributed by atoms with Crippen LogP contribution in [0.25, 0.3) is 0 Å². The Morgan fingerprint density at radius 1 is 1.33 bits per heavy atom. The molecule has 1 rings (SSSR count). The molecule has 18 heavy (non-hydrogen) atoms. The standard InChI is InChI=1S/C11H23N3O3S/c1-14(2)18(16,17)9-8-13-11(15)10-6-4-3-5-7-12-10/h10,12H,3-9H2,1-2H3,(H,13,15). The highest BCUT2D eigenvalue weighted by atomic mass is 32.2. The lowest BCUT2D eigenvalue weighted by Gasteiger charge is -2.16. The third-order valence-electron chi connectivity index (χ3n) is 3.09. The van der Waals surface area contributed by atoms with Crippen LogP contribution >= 0.6 is 0 Å². The molecule has 1 saturated heterocycles. The second-order valence-electron chi connectivity index (χ2n) is 4.75. The van der Waals surface area contributed by atoms with Crippen LogP contribution in [0, 0.1) is 0 Å². The number of carbonyl (C=O) groups excluding carboxylic acids is 1. The van der Waals surface area contributed by atoms with E-state index in [1.165, 1.54) is 18.4 Å². The van der Waals surface area contributed by atoms with Crippen LogP contribution in [-0.4, -0.2) is 57.6 Å². The highest BCUT2D eigenvalue weighted by molar-refractivity contribution is 7.89. The Bertz CT molecular complexity index is 360. The topological polar surface area (TPSA) is 78.5 Å². The van der Waals surface area contributed by atoms with E-state index in [0.717, 1.165) is 32.2 Å². The van der Waals surface area contributed by atoms with E-state index >= 15 is 0 Å². The molecule has 7 heteroatoms. The Balaban J connectivity index is 2.32. The summed E-state index contributed by atoms with van der Waals surface area (Å²) >= 11 is 0. The molecule has 1 fully saturated rings. The smallest absolute Gasteiger partial charge is 0.237 e. The van der Waals surface area contributed by atoms with Crippen molar-refractivity contribution in [1.29, 1.82) is 0 Å². The minimum Gasteiger partial charge on any atom is -0.354 e. The molecular formula is C11H23N3O3S. The van der Waals surface area contributed by atoms with Crippen LogP contribution in [0.2, 0.25) is 0 Å². The number of carbonyl (C=O) groups is 1. The SMILES string of the molecule is CN(C)S(=O)(=O)CCNC(=O)C1CCCCCN1. The molecule has 1 heterocycles. The van der Waals surface area contributed by atoms with Gasteiger partial charge < -0.3 is 10.6 Å². The monoisotopic (exact) mass is 277 g/mol. The van der Waals surface area contributed by atoms with Gasteiger partial charge >= 0.3 is 0 Å². The van der Waals surface area contributed by atoms with E-state index in [1.54, 1.807) is 0 Å². The van der Waals surface area contributed by atoms with Crippen LogP contribution in [0.5, 0.6) is 0 Å². The van der Waals surface area contributed by atoms with Crippen LogP contribution in [0.1, 0.15) is 25.7 Å². The number of amides is 1. The van der Waals surface area contributed by atoms with Gasteiger partial charge in [-0.1, -0.05) is 12.8 Å². The normalized spacial score (nSPS) is 21.6. The van der Waals surface area contributed by atoms with Crippen molar-refractivity contribution in [2.75, 3.05) is 32.9 Å². The zero-order valence-electron chi connectivity index (χ0n) is 11.1. The van der Waals surface area contributed by atoms with Crippen LogP contribution < -0.4 is 10.6 Å². The zero-order chi connectivity index (χ0) is 13.6. The molecule has 1 unspecified atom stereocenters. The lowest BCUT2D eigenvalue weighted by atomic mass is 10.1. The van der Waals surface area contributed by atoms with Gasteiger partial charge in [0, 0.05) is 20.6 Å². The quantitative estimate of drug-likeness (QED) is 0.712. The fourth-order valence-corrected chi connectivity index (χ4v) is 2.59. The second kappa shape index (κ2) is 7.06. The third kappa shape index (κ3) is 4.91. The van der Waals surface area contributed by atoms with Crippen molar-refractivity contribution in [2.45, 2.75) is 31.7 Å². The fraction of sp³-hybridized carbons (Fsp3) is 0.909. The zero-order valence-corrected chi connectivity index (χ0v) is 11.9. The number of nitrogens with one attached hydrogen (secondary N) is 2. The first-order valence-electron chi connectivity index (χ1n) is 6.35. The molecule has 6 nitrogen and oxygen atoms in total. The number of hydrogen-bond donors (Lipinski definition) is 2. The average molecular weight is 277 g/mol. The Hall–Kier alpha value is -0.660. The Kier molecular flexibility index (Phi) is 6.04. The Morgan fingerprint density at radius 2 is 2.06 bits per heavy atom. The van der Waals surface area contributed by atoms with Crippen molar-refractivity contribution in [2.24, 2.45) is 0 Å². The van der Waals surface area contributed by atoms with Gasteiger partial charge in [-0.25, -0.2) is 12.7 Å². The van der Waals surface area contributed by atoms with E-state index in [2.05, 4.69) is 10.6 Å². The van der Waals surface area contributed by atoms with Gasteiger partial charge in [-0.15, -0.1) is 0 Å². The van der Waals surface area contributed by atoms with Crippen LogP contribution in [0.3, 0.4) is 0 Å². The van der Waals surface area contributed by atoms with Gasteiger partial charge in [0.1, 0.15) is 0 Å². The summed E-state index contributed by atoms with van der Waals surface area (Å²) in [6.45, 7) is 1.02. The number of rotatable bonds is 5. The first-order chi connectivity index (χ1) is 8.43. The molecule has 1 aliphatic rings. The number of nitrogens with zero attached hydrogens (tertiary/aromatic N) is 1. The van der Waals surface area contributed by atoms with Gasteiger partial charge in [0.05, 0.1) is 11.8 Å². The number of sulfonamides is 1. The molecule has 0 radical (unpaired) electrons. The molecule has 1 amide bonds. The van der Waals surface area contributed by atoms with E-state index in [4.69, 9.17) is 0 Å². The van der Waals surface area contributed by atoms with Crippen molar-refractivity contribution in [3.05, 3.63) is 0 Å². The summed E-state index contributed by atoms with van der Waals surface area (Å²) in [5.74, 6) is -0.149. The molecule has 0 bridgehead atoms. The molecule has 0 spiro atoms. The predicted molar refractivity (Wildman–Crippen MR) is 70.7 cm³/mol. The van der Waals surface area contributed by atoms with Gasteiger partial charge in [0.25, 0.3) is 0 Å². The fourth-order valence-electron chi connectivity index (χ4n) is 1.86. The lowest BCUT2D eigenvalue weighted by molar-refractivity contribution is -0.123. The van der Waals surface area contributed by atoms with Gasteiger partial charge in [0.15, 0.2) is 0 Å². The summed E-state index contributed by atoms with van der Waals surface area (Å²) < 4.78 is 24.2. The molecule has 2 N–H and O–H groups in total. The third-order valence-corrected chi connectivity index (χ3v) is 4.93. The minimum absolute atomic E-state index is 0.0571. The average Bonchev–Trinajstić information content (AvgIpc) is 2.56. The maximum atomic E-state index is 11.8. The Labute approximate surface area is 109 Å². The van der Waals surface area contributed by atoms with E-state index < -0.39 is 10.0 Å². The highest BCUT2D eigenvalue weighted by Crippen LogP contribution is 2.08. The van der Waals surface area contributed by atoms with E-state index in [-0.39, 0.29) is 24.2 Å². The summed E-state index contributed by atoms with van der Waals surface area (Å²) in [7, 11) is -0.253. The Morgan fingerprint density at radius 3 is 2.72 bits per heavy atom. The molecule has 0 aliphatic carbocycles. The summed E-state index contributed by atoms with van der Waals surface area (Å²) in [5, 5.41) is 5.86. The first-order valence-corrected chi connectivity index (χ1v) is 7.96. The van der Waals surface area contributed by atoms with Gasteiger partial charge in [-0.3, -0.25) is 4.79 Å².